The third-order valence-corrected chi connectivity index (χ3v) is 3.61. The summed E-state index contributed by atoms with van der Waals surface area (Å²) in [6, 6.07) is 7.15. The molecule has 0 aliphatic carbocycles. The van der Waals surface area contributed by atoms with Gasteiger partial charge in [0.25, 0.3) is 0 Å². The zero-order chi connectivity index (χ0) is 16.3. The highest BCUT2D eigenvalue weighted by Crippen LogP contribution is 2.24. The summed E-state index contributed by atoms with van der Waals surface area (Å²) in [4.78, 5) is 24.1. The molecule has 0 spiro atoms. The van der Waals surface area contributed by atoms with Crippen LogP contribution in [0.5, 0.6) is 0 Å². The van der Waals surface area contributed by atoms with E-state index in [0.29, 0.717) is 23.4 Å². The van der Waals surface area contributed by atoms with Gasteiger partial charge in [0.15, 0.2) is 0 Å². The Balaban J connectivity index is 2.00. The summed E-state index contributed by atoms with van der Waals surface area (Å²) in [6.45, 7) is 1.71. The zero-order valence-corrected chi connectivity index (χ0v) is 12.1. The van der Waals surface area contributed by atoms with Crippen LogP contribution in [0.2, 0.25) is 0 Å². The lowest BCUT2D eigenvalue weighted by Crippen LogP contribution is -2.48. The first kappa shape index (κ1) is 16.3. The fraction of sp³-hybridized carbons (Fsp3) is 0.467. The Morgan fingerprint density at radius 2 is 2.05 bits per heavy atom. The van der Waals surface area contributed by atoms with E-state index in [1.807, 2.05) is 13.0 Å². The number of benzene rings is 1. The first-order valence-corrected chi connectivity index (χ1v) is 7.01. The number of rotatable bonds is 2. The highest BCUT2D eigenvalue weighted by atomic mass is 19.4. The minimum atomic E-state index is -4.89. The Hall–Kier alpha value is -2.05. The highest BCUT2D eigenvalue weighted by Gasteiger charge is 2.44. The predicted octanol–water partition coefficient (Wildman–Crippen LogP) is 2.73. The van der Waals surface area contributed by atoms with Gasteiger partial charge in [-0.05, 0) is 37.5 Å². The quantitative estimate of drug-likeness (QED) is 0.912. The van der Waals surface area contributed by atoms with Gasteiger partial charge in [0.1, 0.15) is 0 Å². The van der Waals surface area contributed by atoms with Crippen LogP contribution in [0.25, 0.3) is 0 Å². The van der Waals surface area contributed by atoms with Crippen molar-refractivity contribution in [1.82, 2.24) is 4.90 Å². The van der Waals surface area contributed by atoms with Crippen LogP contribution in [0.1, 0.15) is 18.4 Å². The molecular formula is C15H17F3N2O2. The van der Waals surface area contributed by atoms with E-state index in [0.717, 1.165) is 5.56 Å². The largest absolute Gasteiger partial charge is 0.471 e. The Kier molecular flexibility index (Phi) is 4.73. The molecule has 1 saturated heterocycles. The van der Waals surface area contributed by atoms with Crippen LogP contribution >= 0.6 is 0 Å². The third kappa shape index (κ3) is 3.99. The first-order valence-electron chi connectivity index (χ1n) is 7.01. The standard InChI is InChI=1S/C15H17F3N2O2/c1-10-4-2-6-12(8-10)19-13(21)11-5-3-7-20(9-11)14(22)15(16,17)18/h2,4,6,8,11H,3,5,7,9H2,1H3,(H,19,21). The summed E-state index contributed by atoms with van der Waals surface area (Å²) in [5, 5.41) is 2.69. The molecule has 2 rings (SSSR count). The van der Waals surface area contributed by atoms with Crippen LogP contribution < -0.4 is 5.32 Å². The topological polar surface area (TPSA) is 49.4 Å². The monoisotopic (exact) mass is 314 g/mol. The van der Waals surface area contributed by atoms with E-state index in [9.17, 15) is 22.8 Å². The number of amides is 2. The molecule has 0 saturated carbocycles. The van der Waals surface area contributed by atoms with Crippen molar-refractivity contribution >= 4 is 17.5 Å². The second-order valence-electron chi connectivity index (χ2n) is 5.45. The summed E-state index contributed by atoms with van der Waals surface area (Å²) < 4.78 is 37.4. The number of nitrogens with one attached hydrogen (secondary N) is 1. The highest BCUT2D eigenvalue weighted by molar-refractivity contribution is 5.93. The number of hydrogen-bond donors (Lipinski definition) is 1. The van der Waals surface area contributed by atoms with Crippen molar-refractivity contribution in [2.24, 2.45) is 5.92 Å². The molecule has 1 unspecified atom stereocenters. The van der Waals surface area contributed by atoms with Crippen molar-refractivity contribution in [2.75, 3.05) is 18.4 Å². The smallest absolute Gasteiger partial charge is 0.334 e. The Morgan fingerprint density at radius 3 is 2.68 bits per heavy atom. The summed E-state index contributed by atoms with van der Waals surface area (Å²) >= 11 is 0. The number of halogens is 3. The Labute approximate surface area is 126 Å². The number of likely N-dealkylation sites (tertiary alicyclic amines) is 1. The van der Waals surface area contributed by atoms with Crippen LogP contribution in [-0.2, 0) is 9.59 Å². The molecule has 1 fully saturated rings. The first-order chi connectivity index (χ1) is 10.3. The fourth-order valence-electron chi connectivity index (χ4n) is 2.52. The molecule has 1 aromatic carbocycles. The fourth-order valence-corrected chi connectivity index (χ4v) is 2.52. The number of carbonyl (C=O) groups excluding carboxylic acids is 2. The number of alkyl halides is 3. The second-order valence-corrected chi connectivity index (χ2v) is 5.45. The van der Waals surface area contributed by atoms with Crippen molar-refractivity contribution in [3.63, 3.8) is 0 Å². The zero-order valence-electron chi connectivity index (χ0n) is 12.1. The SMILES string of the molecule is Cc1cccc(NC(=O)C2CCCN(C(=O)C(F)(F)F)C2)c1. The third-order valence-electron chi connectivity index (χ3n) is 3.61. The molecule has 1 aliphatic heterocycles. The van der Waals surface area contributed by atoms with Crippen molar-refractivity contribution in [3.05, 3.63) is 29.8 Å². The maximum Gasteiger partial charge on any atom is 0.471 e. The summed E-state index contributed by atoms with van der Waals surface area (Å²) in [6.07, 6.45) is -4.04. The summed E-state index contributed by atoms with van der Waals surface area (Å²) in [7, 11) is 0. The normalized spacial score (nSPS) is 18.9. The molecule has 120 valence electrons. The van der Waals surface area contributed by atoms with Crippen LogP contribution in [0.3, 0.4) is 0 Å². The molecular weight excluding hydrogens is 297 g/mol. The number of hydrogen-bond acceptors (Lipinski definition) is 2. The summed E-state index contributed by atoms with van der Waals surface area (Å²) in [5.41, 5.74) is 1.57. The molecule has 2 amide bonds. The van der Waals surface area contributed by atoms with E-state index in [2.05, 4.69) is 5.32 Å². The Morgan fingerprint density at radius 1 is 1.32 bits per heavy atom. The molecule has 1 aliphatic rings. The average Bonchev–Trinajstić information content (AvgIpc) is 2.45. The number of aryl methyl sites for hydroxylation is 1. The molecule has 1 heterocycles. The number of nitrogens with zero attached hydrogens (tertiary/aromatic N) is 1. The maximum atomic E-state index is 12.5. The van der Waals surface area contributed by atoms with Gasteiger partial charge in [0.2, 0.25) is 5.91 Å². The van der Waals surface area contributed by atoms with Gasteiger partial charge >= 0.3 is 12.1 Å². The van der Waals surface area contributed by atoms with Crippen LogP contribution in [0.15, 0.2) is 24.3 Å². The van der Waals surface area contributed by atoms with E-state index in [4.69, 9.17) is 0 Å². The lowest BCUT2D eigenvalue weighted by molar-refractivity contribution is -0.187. The van der Waals surface area contributed by atoms with Gasteiger partial charge in [-0.25, -0.2) is 0 Å². The number of anilines is 1. The number of carbonyl (C=O) groups is 2. The minimum absolute atomic E-state index is 0.0343. The lowest BCUT2D eigenvalue weighted by atomic mass is 9.97. The Bertz CT molecular complexity index is 572. The van der Waals surface area contributed by atoms with Crippen LogP contribution in [-0.4, -0.2) is 36.0 Å². The maximum absolute atomic E-state index is 12.5. The van der Waals surface area contributed by atoms with Gasteiger partial charge < -0.3 is 10.2 Å². The van der Waals surface area contributed by atoms with Crippen molar-refractivity contribution in [1.29, 1.82) is 0 Å². The van der Waals surface area contributed by atoms with Crippen LogP contribution in [0.4, 0.5) is 18.9 Å². The molecule has 7 heteroatoms. The molecule has 1 N–H and O–H groups in total. The average molecular weight is 314 g/mol. The van der Waals surface area contributed by atoms with E-state index >= 15 is 0 Å². The summed E-state index contributed by atoms with van der Waals surface area (Å²) in [5.74, 6) is -2.86. The molecule has 22 heavy (non-hydrogen) atoms. The van der Waals surface area contributed by atoms with Gasteiger partial charge in [-0.2, -0.15) is 13.2 Å². The van der Waals surface area contributed by atoms with Gasteiger partial charge in [-0.1, -0.05) is 12.1 Å². The van der Waals surface area contributed by atoms with Crippen molar-refractivity contribution in [3.8, 4) is 0 Å². The van der Waals surface area contributed by atoms with Crippen molar-refractivity contribution < 1.29 is 22.8 Å². The molecule has 1 atom stereocenters. The van der Waals surface area contributed by atoms with Gasteiger partial charge in [0, 0.05) is 18.8 Å². The van der Waals surface area contributed by atoms with Crippen LogP contribution in [0, 0.1) is 12.8 Å². The second kappa shape index (κ2) is 6.37. The lowest BCUT2D eigenvalue weighted by Gasteiger charge is -2.32. The van der Waals surface area contributed by atoms with E-state index in [1.165, 1.54) is 0 Å². The molecule has 4 nitrogen and oxygen atoms in total. The molecule has 0 aromatic heterocycles. The van der Waals surface area contributed by atoms with E-state index in [1.54, 1.807) is 18.2 Å². The minimum Gasteiger partial charge on any atom is -0.334 e. The van der Waals surface area contributed by atoms with Gasteiger partial charge in [0.05, 0.1) is 5.92 Å². The molecule has 0 bridgehead atoms. The van der Waals surface area contributed by atoms with Gasteiger partial charge in [-0.3, -0.25) is 9.59 Å². The molecule has 1 aromatic rings. The number of piperidine rings is 1. The van der Waals surface area contributed by atoms with Crippen molar-refractivity contribution in [2.45, 2.75) is 25.9 Å². The van der Waals surface area contributed by atoms with Gasteiger partial charge in [-0.15, -0.1) is 0 Å². The van der Waals surface area contributed by atoms with E-state index < -0.39 is 18.0 Å². The predicted molar refractivity (Wildman–Crippen MR) is 75.2 cm³/mol. The van der Waals surface area contributed by atoms with E-state index in [-0.39, 0.29) is 19.0 Å². The molecule has 0 radical (unpaired) electrons.